The molecule has 0 aliphatic heterocycles. The Morgan fingerprint density at radius 3 is 2.86 bits per heavy atom. The summed E-state index contributed by atoms with van der Waals surface area (Å²) in [5.41, 5.74) is 0.891. The zero-order valence-corrected chi connectivity index (χ0v) is 8.28. The normalized spacial score (nSPS) is 9.86. The molecule has 0 aliphatic rings. The fourth-order valence-electron chi connectivity index (χ4n) is 1.09. The van der Waals surface area contributed by atoms with E-state index in [-0.39, 0.29) is 0 Å². The van der Waals surface area contributed by atoms with Crippen molar-refractivity contribution >= 4 is 11.7 Å². The van der Waals surface area contributed by atoms with Crippen molar-refractivity contribution in [2.75, 3.05) is 0 Å². The molecule has 0 aromatic carbocycles. The lowest BCUT2D eigenvalue weighted by Crippen LogP contribution is -2.29. The van der Waals surface area contributed by atoms with Gasteiger partial charge in [-0.15, -0.1) is 0 Å². The molecule has 1 rings (SSSR count). The van der Waals surface area contributed by atoms with Crippen LogP contribution in [0.2, 0.25) is 0 Å². The Morgan fingerprint density at radius 1 is 1.57 bits per heavy atom. The number of nitrogens with zero attached hydrogens (tertiary/aromatic N) is 2. The second-order valence-corrected chi connectivity index (χ2v) is 2.88. The van der Waals surface area contributed by atoms with Crippen LogP contribution in [-0.2, 0) is 22.7 Å². The van der Waals surface area contributed by atoms with Gasteiger partial charge in [0.15, 0.2) is 0 Å². The average Bonchev–Trinajstić information content (AvgIpc) is 2.60. The van der Waals surface area contributed by atoms with E-state index in [0.717, 1.165) is 12.2 Å². The van der Waals surface area contributed by atoms with E-state index in [1.165, 1.54) is 6.92 Å². The van der Waals surface area contributed by atoms with Crippen LogP contribution in [0.15, 0.2) is 12.3 Å². The molecule has 0 unspecified atom stereocenters. The predicted molar refractivity (Wildman–Crippen MR) is 50.4 cm³/mol. The Kier molecular flexibility index (Phi) is 3.39. The van der Waals surface area contributed by atoms with Crippen LogP contribution >= 0.6 is 0 Å². The van der Waals surface area contributed by atoms with Gasteiger partial charge in [-0.1, -0.05) is 0 Å². The quantitative estimate of drug-likeness (QED) is 0.693. The maximum atomic E-state index is 10.9. The molecule has 14 heavy (non-hydrogen) atoms. The number of nitrogens with one attached hydrogen (secondary N) is 1. The number of aromatic nitrogens is 2. The van der Waals surface area contributed by atoms with Crippen molar-refractivity contribution in [2.24, 2.45) is 0 Å². The van der Waals surface area contributed by atoms with Gasteiger partial charge in [-0.25, -0.2) is 0 Å². The summed E-state index contributed by atoms with van der Waals surface area (Å²) in [5, 5.41) is 6.55. The molecule has 0 saturated carbocycles. The summed E-state index contributed by atoms with van der Waals surface area (Å²) in [7, 11) is 0. The molecule has 5 nitrogen and oxygen atoms in total. The van der Waals surface area contributed by atoms with Crippen LogP contribution in [0, 0.1) is 0 Å². The number of amides is 1. The van der Waals surface area contributed by atoms with Crippen LogP contribution in [0.4, 0.5) is 0 Å². The highest BCUT2D eigenvalue weighted by atomic mass is 16.2. The van der Waals surface area contributed by atoms with Gasteiger partial charge in [-0.2, -0.15) is 5.10 Å². The topological polar surface area (TPSA) is 64.0 Å². The van der Waals surface area contributed by atoms with E-state index in [9.17, 15) is 9.59 Å². The number of aryl methyl sites for hydroxylation is 1. The minimum Gasteiger partial charge on any atom is -0.344 e. The van der Waals surface area contributed by atoms with Crippen LogP contribution in [0.3, 0.4) is 0 Å². The third-order valence-electron chi connectivity index (χ3n) is 1.85. The first-order valence-electron chi connectivity index (χ1n) is 4.44. The third-order valence-corrected chi connectivity index (χ3v) is 1.85. The standard InChI is InChI=1S/C9H13N3O2/c1-3-12-8(4-5-11-12)6-10-9(14)7(2)13/h4-5H,3,6H2,1-2H3,(H,10,14). The van der Waals surface area contributed by atoms with Gasteiger partial charge in [0, 0.05) is 19.7 Å². The second kappa shape index (κ2) is 4.55. The Hall–Kier alpha value is -1.65. The summed E-state index contributed by atoms with van der Waals surface area (Å²) < 4.78 is 1.76. The first-order valence-corrected chi connectivity index (χ1v) is 4.44. The van der Waals surface area contributed by atoms with E-state index in [1.54, 1.807) is 10.9 Å². The first kappa shape index (κ1) is 10.4. The van der Waals surface area contributed by atoms with Gasteiger partial charge in [0.1, 0.15) is 0 Å². The van der Waals surface area contributed by atoms with Crippen molar-refractivity contribution in [1.82, 2.24) is 15.1 Å². The second-order valence-electron chi connectivity index (χ2n) is 2.88. The molecular formula is C9H13N3O2. The highest BCUT2D eigenvalue weighted by Crippen LogP contribution is 1.97. The first-order chi connectivity index (χ1) is 6.65. The number of Topliss-reactive ketones (excluding diaryl/α,β-unsaturated/α-hetero) is 1. The van der Waals surface area contributed by atoms with Crippen molar-refractivity contribution < 1.29 is 9.59 Å². The fraction of sp³-hybridized carbons (Fsp3) is 0.444. The molecule has 0 radical (unpaired) electrons. The molecule has 1 aromatic heterocycles. The predicted octanol–water partition coefficient (Wildman–Crippen LogP) is 0.108. The molecule has 5 heteroatoms. The molecule has 1 amide bonds. The summed E-state index contributed by atoms with van der Waals surface area (Å²) in [4.78, 5) is 21.6. The highest BCUT2D eigenvalue weighted by molar-refractivity contribution is 6.35. The van der Waals surface area contributed by atoms with E-state index in [4.69, 9.17) is 0 Å². The third kappa shape index (κ3) is 2.42. The largest absolute Gasteiger partial charge is 0.344 e. The Bertz CT molecular complexity index is 344. The zero-order chi connectivity index (χ0) is 10.6. The van der Waals surface area contributed by atoms with Gasteiger partial charge in [-0.3, -0.25) is 14.3 Å². The Balaban J connectivity index is 2.53. The molecule has 0 fully saturated rings. The molecule has 0 spiro atoms. The molecule has 76 valence electrons. The van der Waals surface area contributed by atoms with Crippen LogP contribution in [0.1, 0.15) is 19.5 Å². The van der Waals surface area contributed by atoms with Crippen LogP contribution in [0.25, 0.3) is 0 Å². The van der Waals surface area contributed by atoms with Crippen molar-refractivity contribution in [3.8, 4) is 0 Å². The monoisotopic (exact) mass is 195 g/mol. The maximum Gasteiger partial charge on any atom is 0.287 e. The number of hydrogen-bond donors (Lipinski definition) is 1. The summed E-state index contributed by atoms with van der Waals surface area (Å²) in [6, 6.07) is 1.81. The van der Waals surface area contributed by atoms with Crippen molar-refractivity contribution in [2.45, 2.75) is 26.9 Å². The number of hydrogen-bond acceptors (Lipinski definition) is 3. The average molecular weight is 195 g/mol. The minimum atomic E-state index is -0.561. The lowest BCUT2D eigenvalue weighted by atomic mass is 10.3. The lowest BCUT2D eigenvalue weighted by molar-refractivity contribution is -0.136. The Labute approximate surface area is 82.1 Å². The summed E-state index contributed by atoms with van der Waals surface area (Å²) in [6.07, 6.45) is 1.67. The van der Waals surface area contributed by atoms with E-state index in [1.807, 2.05) is 13.0 Å². The van der Waals surface area contributed by atoms with Gasteiger partial charge in [-0.05, 0) is 13.0 Å². The Morgan fingerprint density at radius 2 is 2.29 bits per heavy atom. The van der Waals surface area contributed by atoms with Gasteiger partial charge in [0.25, 0.3) is 5.91 Å². The van der Waals surface area contributed by atoms with Gasteiger partial charge in [0.05, 0.1) is 12.2 Å². The van der Waals surface area contributed by atoms with Crippen molar-refractivity contribution in [3.05, 3.63) is 18.0 Å². The summed E-state index contributed by atoms with van der Waals surface area (Å²) in [6.45, 7) is 4.29. The minimum absolute atomic E-state index is 0.340. The number of ketones is 1. The van der Waals surface area contributed by atoms with Crippen molar-refractivity contribution in [3.63, 3.8) is 0 Å². The molecule has 0 aliphatic carbocycles. The van der Waals surface area contributed by atoms with Crippen LogP contribution < -0.4 is 5.32 Å². The van der Waals surface area contributed by atoms with Crippen LogP contribution in [-0.4, -0.2) is 21.5 Å². The number of carbonyl (C=O) groups excluding carboxylic acids is 2. The summed E-state index contributed by atoms with van der Waals surface area (Å²) in [5.74, 6) is -1.04. The van der Waals surface area contributed by atoms with E-state index < -0.39 is 11.7 Å². The number of carbonyl (C=O) groups is 2. The molecule has 0 bridgehead atoms. The molecule has 0 saturated heterocycles. The van der Waals surface area contributed by atoms with E-state index in [2.05, 4.69) is 10.4 Å². The van der Waals surface area contributed by atoms with E-state index in [0.29, 0.717) is 6.54 Å². The van der Waals surface area contributed by atoms with Gasteiger partial charge in [0.2, 0.25) is 5.78 Å². The zero-order valence-electron chi connectivity index (χ0n) is 8.28. The smallest absolute Gasteiger partial charge is 0.287 e. The molecule has 0 atom stereocenters. The maximum absolute atomic E-state index is 10.9. The summed E-state index contributed by atoms with van der Waals surface area (Å²) >= 11 is 0. The molecule has 1 heterocycles. The number of rotatable bonds is 4. The lowest BCUT2D eigenvalue weighted by Gasteiger charge is -2.04. The van der Waals surface area contributed by atoms with E-state index >= 15 is 0 Å². The SMILES string of the molecule is CCn1nccc1CNC(=O)C(C)=O. The van der Waals surface area contributed by atoms with Gasteiger partial charge < -0.3 is 5.32 Å². The van der Waals surface area contributed by atoms with Crippen molar-refractivity contribution in [1.29, 1.82) is 0 Å². The van der Waals surface area contributed by atoms with Gasteiger partial charge >= 0.3 is 0 Å². The fourth-order valence-corrected chi connectivity index (χ4v) is 1.09. The van der Waals surface area contributed by atoms with Crippen LogP contribution in [0.5, 0.6) is 0 Å². The highest BCUT2D eigenvalue weighted by Gasteiger charge is 2.07. The molecule has 1 aromatic rings. The molecular weight excluding hydrogens is 182 g/mol. The molecule has 1 N–H and O–H groups in total.